The topological polar surface area (TPSA) is 58.6 Å². The molecule has 0 aliphatic heterocycles. The number of carbonyl (C=O) groups excluding carboxylic acids is 2. The van der Waals surface area contributed by atoms with Crippen LogP contribution in [0.3, 0.4) is 0 Å². The van der Waals surface area contributed by atoms with E-state index in [0.29, 0.717) is 45.8 Å². The minimum atomic E-state index is -1.02. The number of hydrogen-bond acceptors (Lipinski definition) is 4. The maximum absolute atomic E-state index is 13.9. The zero-order valence-corrected chi connectivity index (χ0v) is 23.6. The van der Waals surface area contributed by atoms with Crippen molar-refractivity contribution in [3.8, 4) is 5.75 Å². The molecule has 3 aromatic carbocycles. The third-order valence-corrected chi connectivity index (χ3v) is 6.89. The lowest BCUT2D eigenvalue weighted by molar-refractivity contribution is -0.113. The first-order chi connectivity index (χ1) is 19.5. The third-order valence-electron chi connectivity index (χ3n) is 6.89. The van der Waals surface area contributed by atoms with Crippen LogP contribution in [-0.2, 0) is 4.79 Å². The Morgan fingerprint density at radius 1 is 0.878 bits per heavy atom. The van der Waals surface area contributed by atoms with Crippen LogP contribution in [0.2, 0.25) is 0 Å². The van der Waals surface area contributed by atoms with Gasteiger partial charge in [-0.15, -0.1) is 0 Å². The van der Waals surface area contributed by atoms with Crippen molar-refractivity contribution in [1.82, 2.24) is 10.2 Å². The summed E-state index contributed by atoms with van der Waals surface area (Å²) in [5.74, 6) is -2.23. The van der Waals surface area contributed by atoms with E-state index >= 15 is 0 Å². The molecule has 1 saturated carbocycles. The van der Waals surface area contributed by atoms with E-state index in [2.05, 4.69) is 5.32 Å². The van der Waals surface area contributed by atoms with Crippen LogP contribution >= 0.6 is 0 Å². The SMILES string of the molecule is Cc1cc(/C=C2\CC(NC(=O)c3ccc(OCCN(C)C)c(C)c3)C/C(=C\c3ccc(F)c(F)c3)C2=O)ccc1F. The number of halogens is 3. The average molecular weight is 563 g/mol. The predicted molar refractivity (Wildman–Crippen MR) is 154 cm³/mol. The van der Waals surface area contributed by atoms with Crippen LogP contribution in [0.25, 0.3) is 12.2 Å². The van der Waals surface area contributed by atoms with Crippen LogP contribution in [0.1, 0.15) is 45.5 Å². The summed E-state index contributed by atoms with van der Waals surface area (Å²) >= 11 is 0. The van der Waals surface area contributed by atoms with Crippen LogP contribution in [-0.4, -0.2) is 49.9 Å². The van der Waals surface area contributed by atoms with E-state index in [1.54, 1.807) is 43.3 Å². The lowest BCUT2D eigenvalue weighted by atomic mass is 9.83. The number of nitrogens with zero attached hydrogens (tertiary/aromatic N) is 1. The maximum Gasteiger partial charge on any atom is 0.251 e. The summed E-state index contributed by atoms with van der Waals surface area (Å²) in [7, 11) is 3.92. The number of carbonyl (C=O) groups is 2. The van der Waals surface area contributed by atoms with Crippen LogP contribution in [0.5, 0.6) is 5.75 Å². The Labute approximate surface area is 238 Å². The second-order valence-electron chi connectivity index (χ2n) is 10.6. The molecule has 1 unspecified atom stereocenters. The van der Waals surface area contributed by atoms with E-state index in [1.165, 1.54) is 18.2 Å². The highest BCUT2D eigenvalue weighted by molar-refractivity contribution is 6.14. The van der Waals surface area contributed by atoms with Crippen molar-refractivity contribution >= 4 is 23.8 Å². The van der Waals surface area contributed by atoms with E-state index < -0.39 is 17.7 Å². The fourth-order valence-corrected chi connectivity index (χ4v) is 4.67. The summed E-state index contributed by atoms with van der Waals surface area (Å²) in [6.07, 6.45) is 3.64. The second-order valence-corrected chi connectivity index (χ2v) is 10.6. The van der Waals surface area contributed by atoms with E-state index in [9.17, 15) is 22.8 Å². The van der Waals surface area contributed by atoms with Gasteiger partial charge in [0.2, 0.25) is 0 Å². The molecule has 0 heterocycles. The van der Waals surface area contributed by atoms with Gasteiger partial charge in [-0.3, -0.25) is 9.59 Å². The van der Waals surface area contributed by atoms with Crippen molar-refractivity contribution in [3.05, 3.63) is 111 Å². The minimum absolute atomic E-state index is 0.202. The molecule has 4 rings (SSSR count). The fraction of sp³-hybridized carbons (Fsp3) is 0.273. The monoisotopic (exact) mass is 562 g/mol. The molecule has 0 bridgehead atoms. The van der Waals surface area contributed by atoms with E-state index in [4.69, 9.17) is 4.74 Å². The van der Waals surface area contributed by atoms with Gasteiger partial charge in [-0.25, -0.2) is 13.2 Å². The van der Waals surface area contributed by atoms with Gasteiger partial charge in [0.25, 0.3) is 5.91 Å². The van der Waals surface area contributed by atoms with Crippen molar-refractivity contribution < 1.29 is 27.5 Å². The molecule has 1 N–H and O–H groups in total. The van der Waals surface area contributed by atoms with Crippen molar-refractivity contribution in [3.63, 3.8) is 0 Å². The number of hydrogen-bond donors (Lipinski definition) is 1. The van der Waals surface area contributed by atoms with Crippen LogP contribution in [0.15, 0.2) is 65.7 Å². The van der Waals surface area contributed by atoms with E-state index in [1.807, 2.05) is 25.9 Å². The molecule has 1 fully saturated rings. The Balaban J connectivity index is 1.59. The van der Waals surface area contributed by atoms with Crippen molar-refractivity contribution in [2.75, 3.05) is 27.2 Å². The number of rotatable bonds is 8. The number of ether oxygens (including phenoxy) is 1. The van der Waals surface area contributed by atoms with Gasteiger partial charge in [0.15, 0.2) is 17.4 Å². The molecule has 1 aliphatic carbocycles. The number of aryl methyl sites for hydroxylation is 2. The molecular formula is C33H33F3N2O3. The Hall–Kier alpha value is -4.17. The van der Waals surface area contributed by atoms with Crippen LogP contribution < -0.4 is 10.1 Å². The summed E-state index contributed by atoms with van der Waals surface area (Å²) in [5, 5.41) is 3.02. The number of nitrogens with one attached hydrogen (secondary N) is 1. The summed E-state index contributed by atoms with van der Waals surface area (Å²) in [5.41, 5.74) is 3.45. The molecule has 0 saturated heterocycles. The normalized spacial score (nSPS) is 17.4. The first-order valence-corrected chi connectivity index (χ1v) is 13.4. The number of benzene rings is 3. The molecule has 5 nitrogen and oxygen atoms in total. The highest BCUT2D eigenvalue weighted by Crippen LogP contribution is 2.30. The molecule has 3 aromatic rings. The molecule has 0 aromatic heterocycles. The van der Waals surface area contributed by atoms with Crippen LogP contribution in [0, 0.1) is 31.3 Å². The number of amides is 1. The molecular weight excluding hydrogens is 529 g/mol. The second kappa shape index (κ2) is 13.0. The number of Topliss-reactive ketones (excluding diaryl/α,β-unsaturated/α-hetero) is 1. The van der Waals surface area contributed by atoms with Gasteiger partial charge in [-0.1, -0.05) is 12.1 Å². The summed E-state index contributed by atoms with van der Waals surface area (Å²) < 4.78 is 47.0. The zero-order chi connectivity index (χ0) is 29.7. The van der Waals surface area contributed by atoms with E-state index in [-0.39, 0.29) is 30.3 Å². The van der Waals surface area contributed by atoms with Gasteiger partial charge >= 0.3 is 0 Å². The Morgan fingerprint density at radius 2 is 1.51 bits per heavy atom. The van der Waals surface area contributed by atoms with Crippen molar-refractivity contribution in [2.24, 2.45) is 0 Å². The lowest BCUT2D eigenvalue weighted by Crippen LogP contribution is -2.39. The highest BCUT2D eigenvalue weighted by atomic mass is 19.2. The molecule has 1 atom stereocenters. The lowest BCUT2D eigenvalue weighted by Gasteiger charge is -2.27. The summed E-state index contributed by atoms with van der Waals surface area (Å²) in [6.45, 7) is 4.79. The molecule has 0 radical (unpaired) electrons. The average Bonchev–Trinajstić information content (AvgIpc) is 2.91. The summed E-state index contributed by atoms with van der Waals surface area (Å²) in [4.78, 5) is 28.7. The largest absolute Gasteiger partial charge is 0.492 e. The molecule has 0 spiro atoms. The molecule has 41 heavy (non-hydrogen) atoms. The van der Waals surface area contributed by atoms with Gasteiger partial charge in [0, 0.05) is 29.3 Å². The van der Waals surface area contributed by atoms with Gasteiger partial charge in [-0.05, 0) is 118 Å². The highest BCUT2D eigenvalue weighted by Gasteiger charge is 2.29. The molecule has 8 heteroatoms. The third kappa shape index (κ3) is 7.73. The molecule has 1 amide bonds. The number of ketones is 1. The fourth-order valence-electron chi connectivity index (χ4n) is 4.67. The van der Waals surface area contributed by atoms with Gasteiger partial charge < -0.3 is 15.0 Å². The molecule has 1 aliphatic rings. The predicted octanol–water partition coefficient (Wildman–Crippen LogP) is 6.29. The molecule has 214 valence electrons. The van der Waals surface area contributed by atoms with Crippen molar-refractivity contribution in [2.45, 2.75) is 32.7 Å². The standard InChI is InChI=1S/C33H33F3N2O3/c1-20-13-22(5-8-28(20)34)15-25-18-27(19-26(32(25)39)16-23-6-9-29(35)30(36)17-23)37-33(40)24-7-10-31(21(2)14-24)41-12-11-38(3)4/h5-10,13-17,27H,11-12,18-19H2,1-4H3,(H,37,40)/b25-15+,26-16+. The van der Waals surface area contributed by atoms with Gasteiger partial charge in [0.1, 0.15) is 18.2 Å². The Morgan fingerprint density at radius 3 is 2.10 bits per heavy atom. The van der Waals surface area contributed by atoms with Gasteiger partial charge in [0.05, 0.1) is 0 Å². The van der Waals surface area contributed by atoms with Crippen molar-refractivity contribution in [1.29, 1.82) is 0 Å². The zero-order valence-electron chi connectivity index (χ0n) is 23.6. The Bertz CT molecular complexity index is 1450. The number of likely N-dealkylation sites (N-methyl/N-ethyl adjacent to an activating group) is 1. The van der Waals surface area contributed by atoms with Gasteiger partial charge in [-0.2, -0.15) is 0 Å². The van der Waals surface area contributed by atoms with E-state index in [0.717, 1.165) is 24.2 Å². The smallest absolute Gasteiger partial charge is 0.251 e. The maximum atomic E-state index is 13.9. The minimum Gasteiger partial charge on any atom is -0.492 e. The first-order valence-electron chi connectivity index (χ1n) is 13.4. The van der Waals surface area contributed by atoms with Crippen LogP contribution in [0.4, 0.5) is 13.2 Å². The first kappa shape index (κ1) is 29.8. The Kier molecular flexibility index (Phi) is 9.45. The quantitative estimate of drug-likeness (QED) is 0.328. The summed E-state index contributed by atoms with van der Waals surface area (Å²) in [6, 6.07) is 12.7.